The fourth-order valence-corrected chi connectivity index (χ4v) is 3.44. The second kappa shape index (κ2) is 10.1. The Balaban J connectivity index is 1.57. The first-order valence-corrected chi connectivity index (χ1v) is 9.41. The van der Waals surface area contributed by atoms with Crippen LogP contribution in [0.15, 0.2) is 60.7 Å². The fourth-order valence-electron chi connectivity index (χ4n) is 1.78. The Kier molecular flexibility index (Phi) is 7.63. The van der Waals surface area contributed by atoms with Crippen molar-refractivity contribution in [2.24, 2.45) is 0 Å². The van der Waals surface area contributed by atoms with Gasteiger partial charge in [0.25, 0.3) is 0 Å². The topological polar surface area (TPSA) is 29.5 Å². The third-order valence-electron chi connectivity index (χ3n) is 2.89. The minimum absolute atomic E-state index is 0.284. The summed E-state index contributed by atoms with van der Waals surface area (Å²) in [5, 5.41) is 10.9. The normalized spacial score (nSPS) is 11.3. The molecule has 2 aromatic rings. The van der Waals surface area contributed by atoms with Crippen molar-refractivity contribution in [3.05, 3.63) is 60.7 Å². The van der Waals surface area contributed by atoms with Crippen LogP contribution in [0.5, 0.6) is 5.75 Å². The van der Waals surface area contributed by atoms with Gasteiger partial charge in [0.15, 0.2) is 0 Å². The molecule has 114 valence electrons. The van der Waals surface area contributed by atoms with Gasteiger partial charge in [-0.25, -0.2) is 0 Å². The van der Waals surface area contributed by atoms with Crippen LogP contribution in [-0.4, -0.2) is 32.8 Å². The zero-order valence-electron chi connectivity index (χ0n) is 12.4. The van der Waals surface area contributed by atoms with Gasteiger partial charge in [-0.1, -0.05) is 0 Å². The van der Waals surface area contributed by atoms with Gasteiger partial charge in [0.05, 0.1) is 0 Å². The Morgan fingerprint density at radius 1 is 0.955 bits per heavy atom. The van der Waals surface area contributed by atoms with Crippen molar-refractivity contribution in [1.29, 1.82) is 0 Å². The predicted molar refractivity (Wildman–Crippen MR) is 91.6 cm³/mol. The van der Waals surface area contributed by atoms with E-state index in [0.717, 1.165) is 17.5 Å². The minimum atomic E-state index is -0.535. The standard InChI is InChI=1S/C19H20O2Se/c20-17(16-21-18-11-5-1-6-12-18)10-4-3-9-15-22-19-13-7-2-8-14-19/h1-2,5-8,11-14,17,20H,9-10,15-16H2. The SMILES string of the molecule is OC(CC#CCC[Se]c1ccccc1)COc1ccccc1. The molecule has 0 bridgehead atoms. The average Bonchev–Trinajstić information content (AvgIpc) is 2.58. The fraction of sp³-hybridized carbons (Fsp3) is 0.263. The molecule has 1 atom stereocenters. The van der Waals surface area contributed by atoms with E-state index in [0.29, 0.717) is 21.4 Å². The van der Waals surface area contributed by atoms with Gasteiger partial charge in [-0.2, -0.15) is 0 Å². The second-order valence-corrected chi connectivity index (χ2v) is 7.20. The van der Waals surface area contributed by atoms with Crippen LogP contribution >= 0.6 is 0 Å². The quantitative estimate of drug-likeness (QED) is 0.468. The van der Waals surface area contributed by atoms with Crippen molar-refractivity contribution >= 4 is 19.4 Å². The van der Waals surface area contributed by atoms with Gasteiger partial charge in [0.2, 0.25) is 0 Å². The van der Waals surface area contributed by atoms with Crippen LogP contribution in [0.25, 0.3) is 0 Å². The molecule has 0 spiro atoms. The number of aliphatic hydroxyl groups is 1. The van der Waals surface area contributed by atoms with Gasteiger partial charge < -0.3 is 0 Å². The predicted octanol–water partition coefficient (Wildman–Crippen LogP) is 2.66. The maximum absolute atomic E-state index is 9.82. The molecule has 0 fully saturated rings. The molecular weight excluding hydrogens is 339 g/mol. The first kappa shape index (κ1) is 16.6. The summed E-state index contributed by atoms with van der Waals surface area (Å²) < 4.78 is 6.90. The molecule has 0 aliphatic heterocycles. The van der Waals surface area contributed by atoms with E-state index in [4.69, 9.17) is 4.74 Å². The van der Waals surface area contributed by atoms with E-state index in [-0.39, 0.29) is 6.61 Å². The zero-order valence-corrected chi connectivity index (χ0v) is 14.2. The van der Waals surface area contributed by atoms with Crippen LogP contribution in [0.3, 0.4) is 0 Å². The number of benzene rings is 2. The van der Waals surface area contributed by atoms with Crippen LogP contribution < -0.4 is 9.20 Å². The zero-order chi connectivity index (χ0) is 15.5. The number of rotatable bonds is 7. The van der Waals surface area contributed by atoms with Gasteiger partial charge in [0.1, 0.15) is 0 Å². The van der Waals surface area contributed by atoms with E-state index >= 15 is 0 Å². The van der Waals surface area contributed by atoms with E-state index in [2.05, 4.69) is 36.1 Å². The van der Waals surface area contributed by atoms with Gasteiger partial charge in [0, 0.05) is 0 Å². The molecule has 0 aliphatic carbocycles. The number of ether oxygens (including phenoxy) is 1. The summed E-state index contributed by atoms with van der Waals surface area (Å²) in [7, 11) is 0. The van der Waals surface area contributed by atoms with Crippen LogP contribution in [0, 0.1) is 11.8 Å². The molecule has 0 heterocycles. The van der Waals surface area contributed by atoms with Crippen LogP contribution in [0.2, 0.25) is 5.32 Å². The average molecular weight is 359 g/mol. The molecule has 0 saturated carbocycles. The van der Waals surface area contributed by atoms with E-state index in [1.165, 1.54) is 4.46 Å². The maximum atomic E-state index is 9.82. The molecule has 2 aromatic carbocycles. The summed E-state index contributed by atoms with van der Waals surface area (Å²) in [5.41, 5.74) is 0. The molecule has 2 nitrogen and oxygen atoms in total. The van der Waals surface area contributed by atoms with Crippen molar-refractivity contribution in [2.75, 3.05) is 6.61 Å². The molecule has 0 aliphatic rings. The number of hydrogen-bond acceptors (Lipinski definition) is 2. The first-order chi connectivity index (χ1) is 10.8. The van der Waals surface area contributed by atoms with Crippen LogP contribution in [0.4, 0.5) is 0 Å². The summed E-state index contributed by atoms with van der Waals surface area (Å²) in [4.78, 5) is 0. The Morgan fingerprint density at radius 2 is 1.64 bits per heavy atom. The Morgan fingerprint density at radius 3 is 2.36 bits per heavy atom. The third-order valence-corrected chi connectivity index (χ3v) is 5.01. The summed E-state index contributed by atoms with van der Waals surface area (Å²) in [6, 6.07) is 20.0. The van der Waals surface area contributed by atoms with E-state index < -0.39 is 6.10 Å². The second-order valence-electron chi connectivity index (χ2n) is 4.75. The van der Waals surface area contributed by atoms with Crippen molar-refractivity contribution in [1.82, 2.24) is 0 Å². The Labute approximate surface area is 138 Å². The molecule has 0 aromatic heterocycles. The summed E-state index contributed by atoms with van der Waals surface area (Å²) in [5.74, 6) is 6.95. The molecule has 0 saturated heterocycles. The van der Waals surface area contributed by atoms with Crippen molar-refractivity contribution in [2.45, 2.75) is 24.3 Å². The van der Waals surface area contributed by atoms with E-state index in [1.54, 1.807) is 0 Å². The molecular formula is C19H20O2Se. The molecule has 1 N–H and O–H groups in total. The van der Waals surface area contributed by atoms with E-state index in [1.807, 2.05) is 36.4 Å². The summed E-state index contributed by atoms with van der Waals surface area (Å²) >= 11 is 0.491. The van der Waals surface area contributed by atoms with Crippen LogP contribution in [0.1, 0.15) is 12.8 Å². The van der Waals surface area contributed by atoms with Crippen molar-refractivity contribution < 1.29 is 9.84 Å². The van der Waals surface area contributed by atoms with Crippen molar-refractivity contribution in [3.8, 4) is 17.6 Å². The van der Waals surface area contributed by atoms with Gasteiger partial charge in [-0.3, -0.25) is 0 Å². The van der Waals surface area contributed by atoms with Crippen LogP contribution in [-0.2, 0) is 0 Å². The Bertz CT molecular complexity index is 587. The number of para-hydroxylation sites is 1. The van der Waals surface area contributed by atoms with Gasteiger partial charge >= 0.3 is 138 Å². The molecule has 1 unspecified atom stereocenters. The monoisotopic (exact) mass is 360 g/mol. The Hall–Kier alpha value is -1.72. The molecule has 2 rings (SSSR count). The summed E-state index contributed by atoms with van der Waals surface area (Å²) in [6.45, 7) is 0.284. The molecule has 22 heavy (non-hydrogen) atoms. The van der Waals surface area contributed by atoms with E-state index in [9.17, 15) is 5.11 Å². The number of hydrogen-bond donors (Lipinski definition) is 1. The van der Waals surface area contributed by atoms with Gasteiger partial charge in [-0.05, 0) is 0 Å². The molecule has 3 heteroatoms. The summed E-state index contributed by atoms with van der Waals surface area (Å²) in [6.07, 6.45) is 0.819. The van der Waals surface area contributed by atoms with Crippen molar-refractivity contribution in [3.63, 3.8) is 0 Å². The molecule has 0 amide bonds. The number of aliphatic hydroxyl groups excluding tert-OH is 1. The first-order valence-electron chi connectivity index (χ1n) is 7.34. The molecule has 0 radical (unpaired) electrons. The van der Waals surface area contributed by atoms with Gasteiger partial charge in [-0.15, -0.1) is 0 Å². The third kappa shape index (κ3) is 6.82.